The van der Waals surface area contributed by atoms with Crippen LogP contribution in [-0.2, 0) is 4.79 Å². The predicted molar refractivity (Wildman–Crippen MR) is 89.9 cm³/mol. The number of amides is 1. The highest BCUT2D eigenvalue weighted by molar-refractivity contribution is 5.87. The van der Waals surface area contributed by atoms with Crippen LogP contribution in [0.25, 0.3) is 10.9 Å². The maximum Gasteiger partial charge on any atom is 0.270 e. The summed E-state index contributed by atoms with van der Waals surface area (Å²) in [5.41, 5.74) is 0.756. The van der Waals surface area contributed by atoms with Crippen LogP contribution in [0.3, 0.4) is 0 Å². The molecular formula is C17H18N4O3. The van der Waals surface area contributed by atoms with Gasteiger partial charge in [0.05, 0.1) is 10.4 Å². The van der Waals surface area contributed by atoms with Crippen LogP contribution in [-0.4, -0.2) is 34.4 Å². The Kier molecular flexibility index (Phi) is 3.55. The highest BCUT2D eigenvalue weighted by Crippen LogP contribution is 2.28. The summed E-state index contributed by atoms with van der Waals surface area (Å²) >= 11 is 0. The van der Waals surface area contributed by atoms with Crippen LogP contribution in [0.15, 0.2) is 30.3 Å². The van der Waals surface area contributed by atoms with Crippen LogP contribution in [0, 0.1) is 10.1 Å². The van der Waals surface area contributed by atoms with Crippen molar-refractivity contribution in [2.45, 2.75) is 37.8 Å². The molecule has 0 spiro atoms. The third-order valence-corrected chi connectivity index (χ3v) is 4.64. The van der Waals surface area contributed by atoms with Gasteiger partial charge in [0, 0.05) is 30.1 Å². The van der Waals surface area contributed by atoms with Crippen LogP contribution in [0.5, 0.6) is 0 Å². The van der Waals surface area contributed by atoms with Gasteiger partial charge in [0.1, 0.15) is 11.9 Å². The van der Waals surface area contributed by atoms with E-state index in [2.05, 4.69) is 10.3 Å². The van der Waals surface area contributed by atoms with Crippen molar-refractivity contribution in [2.24, 2.45) is 0 Å². The molecule has 0 radical (unpaired) electrons. The van der Waals surface area contributed by atoms with Crippen molar-refractivity contribution in [3.05, 3.63) is 40.4 Å². The van der Waals surface area contributed by atoms with E-state index < -0.39 is 4.92 Å². The molecule has 1 saturated carbocycles. The number of nitrogens with zero attached hydrogens (tertiary/aromatic N) is 3. The van der Waals surface area contributed by atoms with Crippen LogP contribution in [0.4, 0.5) is 11.5 Å². The number of anilines is 1. The molecule has 1 aliphatic heterocycles. The number of nitrogens with one attached hydrogen (secondary N) is 1. The first kappa shape index (κ1) is 14.9. The van der Waals surface area contributed by atoms with E-state index in [1.54, 1.807) is 6.07 Å². The minimum Gasteiger partial charge on any atom is -0.352 e. The molecule has 1 unspecified atom stereocenters. The summed E-state index contributed by atoms with van der Waals surface area (Å²) in [6, 6.07) is 8.49. The van der Waals surface area contributed by atoms with Crippen LogP contribution in [0.2, 0.25) is 0 Å². The average Bonchev–Trinajstić information content (AvgIpc) is 3.25. The van der Waals surface area contributed by atoms with Crippen molar-refractivity contribution in [3.63, 3.8) is 0 Å². The standard InChI is InChI=1S/C17H18N4O3/c22-17(18-12-4-5-12)15-2-1-9-20(15)16-8-3-11-10-13(21(23)24)6-7-14(11)19-16/h3,6-8,10,12,15H,1-2,4-5,9H2,(H,18,22). The molecule has 24 heavy (non-hydrogen) atoms. The molecule has 2 aromatic rings. The van der Waals surface area contributed by atoms with E-state index in [4.69, 9.17) is 0 Å². The highest BCUT2D eigenvalue weighted by atomic mass is 16.6. The number of non-ortho nitro benzene ring substituents is 1. The third kappa shape index (κ3) is 2.77. The van der Waals surface area contributed by atoms with Gasteiger partial charge < -0.3 is 10.2 Å². The summed E-state index contributed by atoms with van der Waals surface area (Å²) < 4.78 is 0. The van der Waals surface area contributed by atoms with Gasteiger partial charge in [-0.05, 0) is 43.9 Å². The second kappa shape index (κ2) is 5.74. The van der Waals surface area contributed by atoms with Crippen molar-refractivity contribution < 1.29 is 9.72 Å². The van der Waals surface area contributed by atoms with Crippen molar-refractivity contribution in [1.82, 2.24) is 10.3 Å². The zero-order chi connectivity index (χ0) is 16.7. The fourth-order valence-corrected chi connectivity index (χ4v) is 3.21. The van der Waals surface area contributed by atoms with Gasteiger partial charge in [0.25, 0.3) is 5.69 Å². The molecule has 2 aliphatic rings. The quantitative estimate of drug-likeness (QED) is 0.688. The second-order valence-electron chi connectivity index (χ2n) is 6.44. The van der Waals surface area contributed by atoms with Gasteiger partial charge in [-0.2, -0.15) is 0 Å². The Morgan fingerprint density at radius 3 is 2.83 bits per heavy atom. The van der Waals surface area contributed by atoms with Gasteiger partial charge in [0.2, 0.25) is 5.91 Å². The molecule has 7 nitrogen and oxygen atoms in total. The predicted octanol–water partition coefficient (Wildman–Crippen LogP) is 2.39. The molecule has 1 amide bonds. The van der Waals surface area contributed by atoms with Gasteiger partial charge in [-0.3, -0.25) is 14.9 Å². The zero-order valence-electron chi connectivity index (χ0n) is 13.1. The summed E-state index contributed by atoms with van der Waals surface area (Å²) in [5, 5.41) is 14.7. The molecule has 2 fully saturated rings. The molecule has 1 aromatic heterocycles. The number of carbonyl (C=O) groups excluding carboxylic acids is 1. The Morgan fingerprint density at radius 1 is 1.25 bits per heavy atom. The molecular weight excluding hydrogens is 308 g/mol. The Hall–Kier alpha value is -2.70. The molecule has 1 aromatic carbocycles. The first-order valence-electron chi connectivity index (χ1n) is 8.24. The smallest absolute Gasteiger partial charge is 0.270 e. The van der Waals surface area contributed by atoms with Gasteiger partial charge in [-0.25, -0.2) is 4.98 Å². The number of nitro benzene ring substituents is 1. The molecule has 1 aliphatic carbocycles. The Labute approximate surface area is 138 Å². The molecule has 4 rings (SSSR count). The van der Waals surface area contributed by atoms with Crippen molar-refractivity contribution in [1.29, 1.82) is 0 Å². The average molecular weight is 326 g/mol. The lowest BCUT2D eigenvalue weighted by Gasteiger charge is -2.25. The fourth-order valence-electron chi connectivity index (χ4n) is 3.21. The van der Waals surface area contributed by atoms with E-state index in [0.717, 1.165) is 43.4 Å². The molecule has 7 heteroatoms. The lowest BCUT2D eigenvalue weighted by molar-refractivity contribution is -0.384. The minimum absolute atomic E-state index is 0.0555. The van der Waals surface area contributed by atoms with Gasteiger partial charge in [0.15, 0.2) is 0 Å². The van der Waals surface area contributed by atoms with Crippen molar-refractivity contribution >= 4 is 28.3 Å². The van der Waals surface area contributed by atoms with Gasteiger partial charge >= 0.3 is 0 Å². The lowest BCUT2D eigenvalue weighted by Crippen LogP contribution is -2.44. The molecule has 1 saturated heterocycles. The first-order chi connectivity index (χ1) is 11.6. The molecule has 124 valence electrons. The van der Waals surface area contributed by atoms with E-state index in [0.29, 0.717) is 11.6 Å². The van der Waals surface area contributed by atoms with E-state index in [1.807, 2.05) is 17.0 Å². The van der Waals surface area contributed by atoms with Crippen molar-refractivity contribution in [2.75, 3.05) is 11.4 Å². The molecule has 0 bridgehead atoms. The molecule has 1 atom stereocenters. The number of carbonyl (C=O) groups is 1. The molecule has 2 heterocycles. The highest BCUT2D eigenvalue weighted by Gasteiger charge is 2.34. The van der Waals surface area contributed by atoms with E-state index in [9.17, 15) is 14.9 Å². The SMILES string of the molecule is O=C(NC1CC1)C1CCCN1c1ccc2cc([N+](=O)[O-])ccc2n1. The summed E-state index contributed by atoms with van der Waals surface area (Å²) in [6.07, 6.45) is 3.94. The van der Waals surface area contributed by atoms with Crippen LogP contribution in [0.1, 0.15) is 25.7 Å². The van der Waals surface area contributed by atoms with Crippen LogP contribution >= 0.6 is 0 Å². The fraction of sp³-hybridized carbons (Fsp3) is 0.412. The monoisotopic (exact) mass is 326 g/mol. The topological polar surface area (TPSA) is 88.4 Å². The first-order valence-corrected chi connectivity index (χ1v) is 8.24. The molecule has 1 N–H and O–H groups in total. The number of aromatic nitrogens is 1. The van der Waals surface area contributed by atoms with Crippen LogP contribution < -0.4 is 10.2 Å². The Morgan fingerprint density at radius 2 is 2.08 bits per heavy atom. The summed E-state index contributed by atoms with van der Waals surface area (Å²) in [4.78, 5) is 29.5. The van der Waals surface area contributed by atoms with Crippen molar-refractivity contribution in [3.8, 4) is 0 Å². The van der Waals surface area contributed by atoms with Gasteiger partial charge in [-0.1, -0.05) is 0 Å². The number of hydrogen-bond donors (Lipinski definition) is 1. The number of rotatable bonds is 4. The maximum atomic E-state index is 12.4. The second-order valence-corrected chi connectivity index (χ2v) is 6.44. The number of nitro groups is 1. The lowest BCUT2D eigenvalue weighted by atomic mass is 10.2. The van der Waals surface area contributed by atoms with E-state index in [-0.39, 0.29) is 17.6 Å². The maximum absolute atomic E-state index is 12.4. The van der Waals surface area contributed by atoms with E-state index >= 15 is 0 Å². The summed E-state index contributed by atoms with van der Waals surface area (Å²) in [7, 11) is 0. The number of hydrogen-bond acceptors (Lipinski definition) is 5. The third-order valence-electron chi connectivity index (χ3n) is 4.64. The zero-order valence-corrected chi connectivity index (χ0v) is 13.1. The minimum atomic E-state index is -0.411. The number of pyridine rings is 1. The summed E-state index contributed by atoms with van der Waals surface area (Å²) in [5.74, 6) is 0.838. The van der Waals surface area contributed by atoms with E-state index in [1.165, 1.54) is 12.1 Å². The summed E-state index contributed by atoms with van der Waals surface area (Å²) in [6.45, 7) is 0.800. The number of benzene rings is 1. The normalized spacial score (nSPS) is 20.3. The Bertz CT molecular complexity index is 819. The Balaban J connectivity index is 1.61. The number of fused-ring (bicyclic) bond motifs is 1. The largest absolute Gasteiger partial charge is 0.352 e. The van der Waals surface area contributed by atoms with Gasteiger partial charge in [-0.15, -0.1) is 0 Å².